The number of thiophene rings is 1. The summed E-state index contributed by atoms with van der Waals surface area (Å²) >= 11 is 1.42. The number of pyridine rings is 1. The average Bonchev–Trinajstić information content (AvgIpc) is 3.13. The van der Waals surface area contributed by atoms with Crippen molar-refractivity contribution in [3.8, 4) is 0 Å². The molecule has 2 atom stereocenters. The topological polar surface area (TPSA) is 94.6 Å². The Hall–Kier alpha value is -2.74. The van der Waals surface area contributed by atoms with Gasteiger partial charge in [-0.3, -0.25) is 9.78 Å². The van der Waals surface area contributed by atoms with Crippen molar-refractivity contribution < 1.29 is 23.9 Å². The lowest BCUT2D eigenvalue weighted by atomic mass is 9.72. The highest BCUT2D eigenvalue weighted by Crippen LogP contribution is 2.44. The molecule has 0 aliphatic heterocycles. The van der Waals surface area contributed by atoms with Crippen molar-refractivity contribution in [3.05, 3.63) is 46.1 Å². The van der Waals surface area contributed by atoms with Gasteiger partial charge >= 0.3 is 11.9 Å². The minimum absolute atomic E-state index is 0.158. The molecule has 172 valence electrons. The second kappa shape index (κ2) is 9.81. The number of methoxy groups -OCH3 is 1. The number of anilines is 1. The molecule has 0 spiro atoms. The van der Waals surface area contributed by atoms with Gasteiger partial charge in [-0.15, -0.1) is 11.3 Å². The molecule has 0 aromatic carbocycles. The number of fused-ring (bicyclic) bond motifs is 1. The van der Waals surface area contributed by atoms with Crippen LogP contribution < -0.4 is 5.32 Å². The highest BCUT2D eigenvalue weighted by Gasteiger charge is 2.35. The van der Waals surface area contributed by atoms with Gasteiger partial charge in [0.05, 0.1) is 18.2 Å². The molecule has 1 N–H and O–H groups in total. The Kier molecular flexibility index (Phi) is 7.33. The first-order valence-corrected chi connectivity index (χ1v) is 11.6. The monoisotopic (exact) mass is 458 g/mol. The maximum Gasteiger partial charge on any atom is 0.341 e. The van der Waals surface area contributed by atoms with Crippen molar-refractivity contribution in [3.63, 3.8) is 0 Å². The maximum atomic E-state index is 13.0. The number of hydrogen-bond acceptors (Lipinski definition) is 7. The maximum absolute atomic E-state index is 13.0. The van der Waals surface area contributed by atoms with Crippen LogP contribution in [0, 0.1) is 11.3 Å². The Bertz CT molecular complexity index is 994. The molecule has 32 heavy (non-hydrogen) atoms. The lowest BCUT2D eigenvalue weighted by Crippen LogP contribution is -2.32. The third kappa shape index (κ3) is 5.18. The van der Waals surface area contributed by atoms with Crippen LogP contribution in [0.15, 0.2) is 24.5 Å². The molecular weight excluding hydrogens is 428 g/mol. The normalized spacial score (nSPS) is 16.6. The van der Waals surface area contributed by atoms with E-state index in [1.807, 2.05) is 0 Å². The fourth-order valence-electron chi connectivity index (χ4n) is 3.93. The first-order valence-electron chi connectivity index (χ1n) is 10.8. The Labute approximate surface area is 192 Å². The van der Waals surface area contributed by atoms with Crippen LogP contribution in [0.25, 0.3) is 0 Å². The van der Waals surface area contributed by atoms with Crippen molar-refractivity contribution >= 4 is 34.2 Å². The molecule has 0 fully saturated rings. The van der Waals surface area contributed by atoms with Gasteiger partial charge < -0.3 is 14.8 Å². The number of amides is 1. The Balaban J connectivity index is 1.82. The standard InChI is InChI=1S/C24H30N2O5S/c1-6-17(31-22(28)14-9-11-25-12-10-14)20(27)26-21-19(23(29)30-5)16-8-7-15(24(2,3)4)13-18(16)32-21/h9-12,15,17H,6-8,13H2,1-5H3,(H,26,27). The molecule has 1 aliphatic carbocycles. The largest absolute Gasteiger partial charge is 0.465 e. The summed E-state index contributed by atoms with van der Waals surface area (Å²) in [6.07, 6.45) is 4.89. The Morgan fingerprint density at radius 2 is 1.91 bits per heavy atom. The second-order valence-corrected chi connectivity index (χ2v) is 10.1. The molecule has 0 saturated carbocycles. The van der Waals surface area contributed by atoms with E-state index >= 15 is 0 Å². The molecule has 0 bridgehead atoms. The van der Waals surface area contributed by atoms with Crippen LogP contribution in [0.4, 0.5) is 5.00 Å². The highest BCUT2D eigenvalue weighted by atomic mass is 32.1. The molecule has 1 aliphatic rings. The predicted octanol–water partition coefficient (Wildman–Crippen LogP) is 4.65. The van der Waals surface area contributed by atoms with E-state index in [0.717, 1.165) is 29.7 Å². The molecule has 2 aromatic heterocycles. The predicted molar refractivity (Wildman–Crippen MR) is 123 cm³/mol. The van der Waals surface area contributed by atoms with Crippen LogP contribution in [-0.2, 0) is 27.1 Å². The zero-order valence-electron chi connectivity index (χ0n) is 19.2. The summed E-state index contributed by atoms with van der Waals surface area (Å²) in [6, 6.07) is 3.06. The summed E-state index contributed by atoms with van der Waals surface area (Å²) in [7, 11) is 1.34. The van der Waals surface area contributed by atoms with Crippen LogP contribution in [-0.4, -0.2) is 36.0 Å². The fourth-order valence-corrected chi connectivity index (χ4v) is 5.25. The van der Waals surface area contributed by atoms with Crippen LogP contribution in [0.2, 0.25) is 0 Å². The Morgan fingerprint density at radius 3 is 2.50 bits per heavy atom. The van der Waals surface area contributed by atoms with Gasteiger partial charge in [-0.05, 0) is 54.7 Å². The molecular formula is C24H30N2O5S. The minimum Gasteiger partial charge on any atom is -0.465 e. The van der Waals surface area contributed by atoms with Crippen LogP contribution in [0.3, 0.4) is 0 Å². The number of nitrogens with one attached hydrogen (secondary N) is 1. The smallest absolute Gasteiger partial charge is 0.341 e. The molecule has 2 aromatic rings. The zero-order chi connectivity index (χ0) is 23.5. The summed E-state index contributed by atoms with van der Waals surface area (Å²) in [5.74, 6) is -1.03. The number of rotatable bonds is 6. The third-order valence-electron chi connectivity index (χ3n) is 5.94. The third-order valence-corrected chi connectivity index (χ3v) is 7.11. The number of carbonyl (C=O) groups excluding carboxylic acids is 3. The van der Waals surface area contributed by atoms with E-state index in [0.29, 0.717) is 28.5 Å². The zero-order valence-corrected chi connectivity index (χ0v) is 20.0. The minimum atomic E-state index is -0.984. The van der Waals surface area contributed by atoms with Crippen LogP contribution in [0.1, 0.15) is 71.7 Å². The highest BCUT2D eigenvalue weighted by molar-refractivity contribution is 7.17. The van der Waals surface area contributed by atoms with E-state index in [9.17, 15) is 14.4 Å². The van der Waals surface area contributed by atoms with E-state index < -0.39 is 23.9 Å². The number of ether oxygens (including phenoxy) is 2. The number of carbonyl (C=O) groups is 3. The summed E-state index contributed by atoms with van der Waals surface area (Å²) in [4.78, 5) is 42.9. The average molecular weight is 459 g/mol. The van der Waals surface area contributed by atoms with E-state index in [2.05, 4.69) is 31.1 Å². The van der Waals surface area contributed by atoms with Crippen molar-refractivity contribution in [2.24, 2.45) is 11.3 Å². The SMILES string of the molecule is CCC(OC(=O)c1ccncc1)C(=O)Nc1sc2c(c1C(=O)OC)CCC(C(C)(C)C)C2. The van der Waals surface area contributed by atoms with E-state index in [4.69, 9.17) is 9.47 Å². The quantitative estimate of drug-likeness (QED) is 0.633. The molecule has 8 heteroatoms. The van der Waals surface area contributed by atoms with E-state index in [-0.39, 0.29) is 5.41 Å². The van der Waals surface area contributed by atoms with E-state index in [1.54, 1.807) is 6.92 Å². The lowest BCUT2D eigenvalue weighted by Gasteiger charge is -2.33. The number of aromatic nitrogens is 1. The van der Waals surface area contributed by atoms with Gasteiger partial charge in [0.25, 0.3) is 5.91 Å². The molecule has 3 rings (SSSR count). The van der Waals surface area contributed by atoms with Crippen LogP contribution in [0.5, 0.6) is 0 Å². The van der Waals surface area contributed by atoms with Gasteiger partial charge in [-0.25, -0.2) is 9.59 Å². The summed E-state index contributed by atoms with van der Waals surface area (Å²) in [5, 5.41) is 3.29. The molecule has 1 amide bonds. The summed E-state index contributed by atoms with van der Waals surface area (Å²) in [6.45, 7) is 8.44. The van der Waals surface area contributed by atoms with Gasteiger partial charge in [0, 0.05) is 17.3 Å². The first kappa shape index (κ1) is 23.9. The number of hydrogen-bond donors (Lipinski definition) is 1. The molecule has 7 nitrogen and oxygen atoms in total. The lowest BCUT2D eigenvalue weighted by molar-refractivity contribution is -0.124. The van der Waals surface area contributed by atoms with Gasteiger partial charge in [-0.1, -0.05) is 27.7 Å². The van der Waals surface area contributed by atoms with E-state index in [1.165, 1.54) is 43.0 Å². The van der Waals surface area contributed by atoms with Gasteiger partial charge in [-0.2, -0.15) is 0 Å². The van der Waals surface area contributed by atoms with Crippen molar-refractivity contribution in [2.75, 3.05) is 12.4 Å². The van der Waals surface area contributed by atoms with Gasteiger partial charge in [0.15, 0.2) is 6.10 Å². The van der Waals surface area contributed by atoms with Crippen LogP contribution >= 0.6 is 11.3 Å². The van der Waals surface area contributed by atoms with Crippen molar-refractivity contribution in [1.29, 1.82) is 0 Å². The fraction of sp³-hybridized carbons (Fsp3) is 0.500. The van der Waals surface area contributed by atoms with Gasteiger partial charge in [0.2, 0.25) is 0 Å². The molecule has 0 radical (unpaired) electrons. The Morgan fingerprint density at radius 1 is 1.22 bits per heavy atom. The molecule has 2 unspecified atom stereocenters. The van der Waals surface area contributed by atoms with Gasteiger partial charge in [0.1, 0.15) is 5.00 Å². The molecule has 2 heterocycles. The molecule has 0 saturated heterocycles. The second-order valence-electron chi connectivity index (χ2n) is 9.03. The summed E-state index contributed by atoms with van der Waals surface area (Å²) < 4.78 is 10.4. The number of esters is 2. The number of nitrogens with zero attached hydrogens (tertiary/aromatic N) is 1. The van der Waals surface area contributed by atoms with Crippen molar-refractivity contribution in [2.45, 2.75) is 59.5 Å². The summed E-state index contributed by atoms with van der Waals surface area (Å²) in [5.41, 5.74) is 1.86. The first-order chi connectivity index (χ1) is 15.2. The van der Waals surface area contributed by atoms with Crippen molar-refractivity contribution in [1.82, 2.24) is 4.98 Å².